The normalized spacial score (nSPS) is 15.0. The van der Waals surface area contributed by atoms with Crippen molar-refractivity contribution in [3.05, 3.63) is 59.5 Å². The summed E-state index contributed by atoms with van der Waals surface area (Å²) in [5.41, 5.74) is 0.120. The Morgan fingerprint density at radius 1 is 1.04 bits per heavy atom. The van der Waals surface area contributed by atoms with Crippen LogP contribution in [-0.2, 0) is 0 Å². The van der Waals surface area contributed by atoms with E-state index in [0.29, 0.717) is 31.7 Å². The van der Waals surface area contributed by atoms with Gasteiger partial charge in [-0.25, -0.2) is 4.79 Å². The zero-order valence-corrected chi connectivity index (χ0v) is 13.5. The van der Waals surface area contributed by atoms with Crippen LogP contribution >= 0.6 is 0 Å². The lowest BCUT2D eigenvalue weighted by atomic mass is 10.0. The lowest BCUT2D eigenvalue weighted by molar-refractivity contribution is 0.0658. The molecule has 0 aliphatic carbocycles. The average Bonchev–Trinajstić information content (AvgIpc) is 3.16. The van der Waals surface area contributed by atoms with Crippen molar-refractivity contribution in [1.82, 2.24) is 10.2 Å². The largest absolute Gasteiger partial charge is 0.478 e. The first-order valence-electron chi connectivity index (χ1n) is 8.02. The minimum Gasteiger partial charge on any atom is -0.478 e. The smallest absolute Gasteiger partial charge is 0.336 e. The number of amides is 2. The number of carboxylic acids is 1. The maximum Gasteiger partial charge on any atom is 0.336 e. The maximum atomic E-state index is 12.4. The van der Waals surface area contributed by atoms with E-state index < -0.39 is 11.9 Å². The number of hydrogen-bond acceptors (Lipinski definition) is 4. The predicted molar refractivity (Wildman–Crippen MR) is 88.5 cm³/mol. The number of hydrogen-bond donors (Lipinski definition) is 2. The summed E-state index contributed by atoms with van der Waals surface area (Å²) in [6.07, 6.45) is 2.67. The number of nitrogens with zero attached hydrogens (tertiary/aromatic N) is 1. The Hall–Kier alpha value is -3.09. The fourth-order valence-electron chi connectivity index (χ4n) is 2.91. The van der Waals surface area contributed by atoms with Crippen molar-refractivity contribution in [2.75, 3.05) is 13.1 Å². The van der Waals surface area contributed by atoms with E-state index in [2.05, 4.69) is 5.32 Å². The number of rotatable bonds is 4. The van der Waals surface area contributed by atoms with Crippen LogP contribution < -0.4 is 5.32 Å². The van der Waals surface area contributed by atoms with Gasteiger partial charge in [0.2, 0.25) is 0 Å². The first-order valence-corrected chi connectivity index (χ1v) is 8.02. The van der Waals surface area contributed by atoms with Crippen molar-refractivity contribution < 1.29 is 23.9 Å². The highest BCUT2D eigenvalue weighted by Gasteiger charge is 2.26. The second-order valence-corrected chi connectivity index (χ2v) is 5.87. The Bertz CT molecular complexity index is 777. The van der Waals surface area contributed by atoms with Crippen LogP contribution in [0.3, 0.4) is 0 Å². The maximum absolute atomic E-state index is 12.4. The highest BCUT2D eigenvalue weighted by atomic mass is 16.4. The van der Waals surface area contributed by atoms with Crippen LogP contribution in [0.2, 0.25) is 0 Å². The van der Waals surface area contributed by atoms with Crippen LogP contribution in [-0.4, -0.2) is 46.9 Å². The summed E-state index contributed by atoms with van der Waals surface area (Å²) in [6.45, 7) is 1.01. The summed E-state index contributed by atoms with van der Waals surface area (Å²) >= 11 is 0. The zero-order valence-electron chi connectivity index (χ0n) is 13.5. The molecular weight excluding hydrogens is 324 g/mol. The molecule has 1 fully saturated rings. The second-order valence-electron chi connectivity index (χ2n) is 5.87. The summed E-state index contributed by atoms with van der Waals surface area (Å²) in [5.74, 6) is -1.40. The van der Waals surface area contributed by atoms with Gasteiger partial charge in [-0.1, -0.05) is 12.1 Å². The third kappa shape index (κ3) is 3.71. The Morgan fingerprint density at radius 2 is 1.72 bits per heavy atom. The van der Waals surface area contributed by atoms with Crippen molar-refractivity contribution in [1.29, 1.82) is 0 Å². The van der Waals surface area contributed by atoms with Crippen molar-refractivity contribution in [3.8, 4) is 0 Å². The van der Waals surface area contributed by atoms with E-state index in [0.717, 1.165) is 0 Å². The summed E-state index contributed by atoms with van der Waals surface area (Å²) < 4.78 is 5.12. The predicted octanol–water partition coefficient (Wildman–Crippen LogP) is 2.01. The molecule has 25 heavy (non-hydrogen) atoms. The first-order chi connectivity index (χ1) is 12.1. The van der Waals surface area contributed by atoms with Gasteiger partial charge in [0.25, 0.3) is 11.8 Å². The molecule has 0 spiro atoms. The molecule has 1 aromatic heterocycles. The molecule has 2 heterocycles. The first kappa shape index (κ1) is 16.8. The minimum absolute atomic E-state index is 0.0227. The van der Waals surface area contributed by atoms with Gasteiger partial charge < -0.3 is 19.7 Å². The molecule has 0 atom stereocenters. The van der Waals surface area contributed by atoms with E-state index in [9.17, 15) is 19.5 Å². The second kappa shape index (κ2) is 7.21. The molecule has 1 aliphatic heterocycles. The van der Waals surface area contributed by atoms with Gasteiger partial charge >= 0.3 is 5.97 Å². The van der Waals surface area contributed by atoms with Crippen LogP contribution in [0.5, 0.6) is 0 Å². The summed E-state index contributed by atoms with van der Waals surface area (Å²) in [4.78, 5) is 37.5. The van der Waals surface area contributed by atoms with Crippen LogP contribution in [0, 0.1) is 0 Å². The number of benzene rings is 1. The molecular formula is C18H18N2O5. The summed E-state index contributed by atoms with van der Waals surface area (Å²) in [7, 11) is 0. The van der Waals surface area contributed by atoms with Gasteiger partial charge in [-0.15, -0.1) is 0 Å². The molecule has 1 aliphatic rings. The molecule has 2 aromatic rings. The topological polar surface area (TPSA) is 99.8 Å². The van der Waals surface area contributed by atoms with Gasteiger partial charge in [-0.3, -0.25) is 9.59 Å². The van der Waals surface area contributed by atoms with E-state index in [1.165, 1.54) is 18.4 Å². The highest BCUT2D eigenvalue weighted by Crippen LogP contribution is 2.16. The van der Waals surface area contributed by atoms with E-state index in [-0.39, 0.29) is 23.1 Å². The zero-order chi connectivity index (χ0) is 17.8. The van der Waals surface area contributed by atoms with Crippen molar-refractivity contribution in [2.24, 2.45) is 0 Å². The van der Waals surface area contributed by atoms with Gasteiger partial charge in [0.15, 0.2) is 5.76 Å². The molecule has 1 saturated heterocycles. The Kier molecular flexibility index (Phi) is 4.83. The fourth-order valence-corrected chi connectivity index (χ4v) is 2.91. The quantitative estimate of drug-likeness (QED) is 0.885. The van der Waals surface area contributed by atoms with Gasteiger partial charge in [0.05, 0.1) is 17.4 Å². The lowest BCUT2D eigenvalue weighted by Gasteiger charge is -2.32. The van der Waals surface area contributed by atoms with E-state index >= 15 is 0 Å². The van der Waals surface area contributed by atoms with Gasteiger partial charge in [0, 0.05) is 19.1 Å². The number of carbonyl (C=O) groups excluding carboxylic acids is 2. The molecule has 1 aromatic carbocycles. The van der Waals surface area contributed by atoms with Crippen LogP contribution in [0.4, 0.5) is 0 Å². The molecule has 2 N–H and O–H groups in total. The summed E-state index contributed by atoms with van der Waals surface area (Å²) in [5, 5.41) is 12.0. The molecule has 130 valence electrons. The Balaban J connectivity index is 1.58. The van der Waals surface area contributed by atoms with Crippen molar-refractivity contribution in [3.63, 3.8) is 0 Å². The van der Waals surface area contributed by atoms with Crippen molar-refractivity contribution >= 4 is 17.8 Å². The van der Waals surface area contributed by atoms with Crippen LogP contribution in [0.15, 0.2) is 47.1 Å². The molecule has 7 heteroatoms. The Labute approximate surface area is 144 Å². The SMILES string of the molecule is O=C(O)c1ccccc1C(=O)NC1CCN(C(=O)c2ccco2)CC1. The number of furan rings is 1. The van der Waals surface area contributed by atoms with E-state index in [1.807, 2.05) is 0 Å². The average molecular weight is 342 g/mol. The van der Waals surface area contributed by atoms with Gasteiger partial charge in [-0.05, 0) is 37.1 Å². The molecule has 0 radical (unpaired) electrons. The monoisotopic (exact) mass is 342 g/mol. The summed E-state index contributed by atoms with van der Waals surface area (Å²) in [6, 6.07) is 9.30. The molecule has 0 unspecified atom stereocenters. The highest BCUT2D eigenvalue weighted by molar-refractivity contribution is 6.04. The minimum atomic E-state index is -1.13. The third-order valence-corrected chi connectivity index (χ3v) is 4.25. The van der Waals surface area contributed by atoms with E-state index in [4.69, 9.17) is 4.42 Å². The molecule has 3 rings (SSSR count). The number of likely N-dealkylation sites (tertiary alicyclic amines) is 1. The number of carbonyl (C=O) groups is 3. The number of carboxylic acid groups (broad SMARTS) is 1. The van der Waals surface area contributed by atoms with Crippen LogP contribution in [0.1, 0.15) is 44.1 Å². The molecule has 0 saturated carbocycles. The van der Waals surface area contributed by atoms with Crippen molar-refractivity contribution in [2.45, 2.75) is 18.9 Å². The molecule has 7 nitrogen and oxygen atoms in total. The molecule has 0 bridgehead atoms. The fraction of sp³-hybridized carbons (Fsp3) is 0.278. The number of piperidine rings is 1. The Morgan fingerprint density at radius 3 is 2.32 bits per heavy atom. The third-order valence-electron chi connectivity index (χ3n) is 4.25. The van der Waals surface area contributed by atoms with E-state index in [1.54, 1.807) is 29.2 Å². The number of aromatic carboxylic acids is 1. The molecule has 2 amide bonds. The lowest BCUT2D eigenvalue weighted by Crippen LogP contribution is -2.46. The standard InChI is InChI=1S/C18H18N2O5/c21-16(13-4-1-2-5-14(13)18(23)24)19-12-7-9-20(10-8-12)17(22)15-6-3-11-25-15/h1-6,11-12H,7-10H2,(H,19,21)(H,23,24). The number of nitrogens with one attached hydrogen (secondary N) is 1. The van der Waals surface area contributed by atoms with Gasteiger partial charge in [-0.2, -0.15) is 0 Å². The van der Waals surface area contributed by atoms with Crippen LogP contribution in [0.25, 0.3) is 0 Å². The van der Waals surface area contributed by atoms with Gasteiger partial charge in [0.1, 0.15) is 0 Å².